The molecule has 2 aromatic heterocycles. The minimum atomic E-state index is -1.99. The van der Waals surface area contributed by atoms with Crippen LogP contribution in [0, 0.1) is 0 Å². The van der Waals surface area contributed by atoms with E-state index in [1.165, 1.54) is 6.07 Å². The second-order valence-electron chi connectivity index (χ2n) is 9.11. The molecule has 1 aliphatic heterocycles. The van der Waals surface area contributed by atoms with Gasteiger partial charge in [0, 0.05) is 30.2 Å². The van der Waals surface area contributed by atoms with Crippen molar-refractivity contribution in [2.75, 3.05) is 12.3 Å². The minimum absolute atomic E-state index is 0.0109. The highest BCUT2D eigenvalue weighted by atomic mass is 16.5. The van der Waals surface area contributed by atoms with Gasteiger partial charge in [-0.15, -0.1) is 0 Å². The summed E-state index contributed by atoms with van der Waals surface area (Å²) < 4.78 is 5.34. The van der Waals surface area contributed by atoms with Crippen LogP contribution in [-0.2, 0) is 10.4 Å². The van der Waals surface area contributed by atoms with Crippen molar-refractivity contribution in [1.29, 1.82) is 0 Å². The number of aromatic nitrogens is 2. The van der Waals surface area contributed by atoms with E-state index in [9.17, 15) is 14.7 Å². The predicted octanol–water partition coefficient (Wildman–Crippen LogP) is 0.499. The summed E-state index contributed by atoms with van der Waals surface area (Å²) in [6.07, 6.45) is 1.97. The number of amides is 2. The number of rotatable bonds is 6. The monoisotopic (exact) mass is 463 g/mol. The first-order chi connectivity index (χ1) is 16.5. The van der Waals surface area contributed by atoms with Crippen LogP contribution < -0.4 is 11.5 Å². The molecular formula is C23H20B3N5O4. The number of nitrogen functional groups attached to an aromatic ring is 1. The number of nitrogens with zero attached hydrogens (tertiary/aromatic N) is 3. The normalized spacial score (nSPS) is 20.4. The number of carbonyl (C=O) groups is 2. The molecule has 0 spiro atoms. The molecule has 1 aliphatic carbocycles. The maximum atomic E-state index is 12.8. The number of pyridine rings is 1. The summed E-state index contributed by atoms with van der Waals surface area (Å²) in [7, 11) is 16.9. The molecule has 2 fully saturated rings. The topological polar surface area (TPSA) is 149 Å². The SMILES string of the molecule is [B]C([B])([B])N1CCC(O)(c2cc(-c3cccc(-c4cc(C5CC5)c(N)c(C(N)=O)n4)c3)no2)C1=O. The Morgan fingerprint density at radius 3 is 2.46 bits per heavy atom. The van der Waals surface area contributed by atoms with Gasteiger partial charge in [0.25, 0.3) is 11.8 Å². The van der Waals surface area contributed by atoms with E-state index in [0.717, 1.165) is 23.3 Å². The number of aliphatic hydroxyl groups is 1. The second kappa shape index (κ2) is 8.01. The molecule has 6 radical (unpaired) electrons. The Balaban J connectivity index is 1.49. The van der Waals surface area contributed by atoms with E-state index in [1.54, 1.807) is 18.2 Å². The van der Waals surface area contributed by atoms with E-state index in [-0.39, 0.29) is 30.3 Å². The van der Waals surface area contributed by atoms with Crippen molar-refractivity contribution < 1.29 is 19.2 Å². The van der Waals surface area contributed by atoms with Crippen molar-refractivity contribution in [3.05, 3.63) is 53.4 Å². The fourth-order valence-electron chi connectivity index (χ4n) is 4.39. The van der Waals surface area contributed by atoms with Gasteiger partial charge in [0.15, 0.2) is 11.5 Å². The predicted molar refractivity (Wildman–Crippen MR) is 130 cm³/mol. The Labute approximate surface area is 205 Å². The van der Waals surface area contributed by atoms with Crippen molar-refractivity contribution in [1.82, 2.24) is 15.0 Å². The Kier molecular flexibility index (Phi) is 5.32. The van der Waals surface area contributed by atoms with Gasteiger partial charge < -0.3 is 26.0 Å². The molecule has 170 valence electrons. The van der Waals surface area contributed by atoms with Gasteiger partial charge in [0.2, 0.25) is 5.60 Å². The molecule has 3 aromatic rings. The summed E-state index contributed by atoms with van der Waals surface area (Å²) in [6, 6.07) is 10.6. The smallest absolute Gasteiger partial charge is 0.269 e. The maximum absolute atomic E-state index is 12.8. The number of hydrogen-bond acceptors (Lipinski definition) is 7. The van der Waals surface area contributed by atoms with E-state index < -0.39 is 22.7 Å². The van der Waals surface area contributed by atoms with E-state index in [2.05, 4.69) is 10.1 Å². The summed E-state index contributed by atoms with van der Waals surface area (Å²) in [5, 5.41) is 13.1. The summed E-state index contributed by atoms with van der Waals surface area (Å²) in [6.45, 7) is 0.0542. The number of likely N-dealkylation sites (tertiary alicyclic amines) is 1. The first kappa shape index (κ1) is 23.2. The van der Waals surface area contributed by atoms with Gasteiger partial charge in [0.05, 0.1) is 34.9 Å². The zero-order valence-electron chi connectivity index (χ0n) is 18.8. The van der Waals surface area contributed by atoms with Gasteiger partial charge >= 0.3 is 0 Å². The lowest BCUT2D eigenvalue weighted by Gasteiger charge is -2.34. The van der Waals surface area contributed by atoms with E-state index >= 15 is 0 Å². The van der Waals surface area contributed by atoms with Gasteiger partial charge in [-0.3, -0.25) is 9.59 Å². The number of anilines is 1. The molecule has 2 aliphatic rings. The number of primary amides is 1. The van der Waals surface area contributed by atoms with Gasteiger partial charge in [0.1, 0.15) is 5.69 Å². The highest BCUT2D eigenvalue weighted by Gasteiger charge is 2.51. The van der Waals surface area contributed by atoms with E-state index in [0.29, 0.717) is 28.2 Å². The first-order valence-corrected chi connectivity index (χ1v) is 11.1. The van der Waals surface area contributed by atoms with Crippen LogP contribution in [0.5, 0.6) is 0 Å². The molecule has 1 saturated carbocycles. The Morgan fingerprint density at radius 2 is 1.86 bits per heavy atom. The maximum Gasteiger partial charge on any atom is 0.269 e. The minimum Gasteiger partial charge on any atom is -0.397 e. The van der Waals surface area contributed by atoms with Crippen LogP contribution in [0.15, 0.2) is 40.9 Å². The van der Waals surface area contributed by atoms with Crippen LogP contribution in [0.1, 0.15) is 47.0 Å². The van der Waals surface area contributed by atoms with Crippen LogP contribution in [0.3, 0.4) is 0 Å². The molecule has 12 heteroatoms. The van der Waals surface area contributed by atoms with Gasteiger partial charge in [-0.2, -0.15) is 0 Å². The molecule has 9 nitrogen and oxygen atoms in total. The number of hydrogen-bond donors (Lipinski definition) is 3. The molecule has 5 rings (SSSR count). The van der Waals surface area contributed by atoms with Gasteiger partial charge in [-0.25, -0.2) is 4.98 Å². The van der Waals surface area contributed by atoms with Crippen molar-refractivity contribution in [2.24, 2.45) is 5.73 Å². The highest BCUT2D eigenvalue weighted by Crippen LogP contribution is 2.44. The fraction of sp³-hybridized carbons (Fsp3) is 0.304. The lowest BCUT2D eigenvalue weighted by atomic mass is 9.48. The second-order valence-corrected chi connectivity index (χ2v) is 9.11. The molecular weight excluding hydrogens is 443 g/mol. The highest BCUT2D eigenvalue weighted by molar-refractivity contribution is 6.59. The average Bonchev–Trinajstić information content (AvgIpc) is 3.43. The lowest BCUT2D eigenvalue weighted by molar-refractivity contribution is -0.146. The number of nitrogens with two attached hydrogens (primary N) is 2. The third kappa shape index (κ3) is 4.01. The summed E-state index contributed by atoms with van der Waals surface area (Å²) in [5.41, 5.74) is 13.2. The van der Waals surface area contributed by atoms with E-state index in [4.69, 9.17) is 39.5 Å². The molecule has 0 bridgehead atoms. The fourth-order valence-corrected chi connectivity index (χ4v) is 4.39. The standard InChI is InChI=1S/C23H20B3N5O4/c24-23(25,26)31-7-6-22(34,21(31)33)17-10-16(30-35-17)13-3-1-2-12(8-13)15-9-14(11-4-5-11)18(27)19(29-15)20(28)32/h1-3,8-11,34H,4-7,27H2,(H2,28,32). The molecule has 1 atom stereocenters. The van der Waals surface area contributed by atoms with Gasteiger partial charge in [-0.1, -0.05) is 28.6 Å². The van der Waals surface area contributed by atoms with Crippen molar-refractivity contribution in [3.8, 4) is 22.5 Å². The Hall–Kier alpha value is -3.53. The van der Waals surface area contributed by atoms with Crippen LogP contribution in [0.25, 0.3) is 22.5 Å². The Bertz CT molecular complexity index is 1350. The quantitative estimate of drug-likeness (QED) is 0.451. The number of benzene rings is 1. The molecule has 5 N–H and O–H groups in total. The van der Waals surface area contributed by atoms with E-state index in [1.807, 2.05) is 12.1 Å². The van der Waals surface area contributed by atoms with Crippen LogP contribution in [-0.4, -0.2) is 67.3 Å². The lowest BCUT2D eigenvalue weighted by Crippen LogP contribution is -2.53. The first-order valence-electron chi connectivity index (χ1n) is 11.1. The third-order valence-corrected chi connectivity index (χ3v) is 6.48. The number of carbonyl (C=O) groups excluding carboxylic acids is 2. The molecule has 35 heavy (non-hydrogen) atoms. The van der Waals surface area contributed by atoms with Crippen LogP contribution >= 0.6 is 0 Å². The molecule has 3 heterocycles. The van der Waals surface area contributed by atoms with Crippen LogP contribution in [0.4, 0.5) is 5.69 Å². The summed E-state index contributed by atoms with van der Waals surface area (Å²) >= 11 is 0. The van der Waals surface area contributed by atoms with Crippen molar-refractivity contribution in [2.45, 2.75) is 36.0 Å². The van der Waals surface area contributed by atoms with Crippen molar-refractivity contribution in [3.63, 3.8) is 0 Å². The Morgan fingerprint density at radius 1 is 1.17 bits per heavy atom. The molecule has 1 saturated heterocycles. The third-order valence-electron chi connectivity index (χ3n) is 6.48. The van der Waals surface area contributed by atoms with Crippen LogP contribution in [0.2, 0.25) is 0 Å². The molecule has 2 amide bonds. The zero-order chi connectivity index (χ0) is 25.1. The summed E-state index contributed by atoms with van der Waals surface area (Å²) in [4.78, 5) is 30.1. The molecule has 1 aromatic carbocycles. The molecule has 1 unspecified atom stereocenters. The van der Waals surface area contributed by atoms with Gasteiger partial charge in [-0.05, 0) is 36.5 Å². The zero-order valence-corrected chi connectivity index (χ0v) is 18.8. The summed E-state index contributed by atoms with van der Waals surface area (Å²) in [5.74, 6) is -1.22. The van der Waals surface area contributed by atoms with Crippen molar-refractivity contribution >= 4 is 41.0 Å². The largest absolute Gasteiger partial charge is 0.397 e. The average molecular weight is 463 g/mol.